The van der Waals surface area contributed by atoms with Crippen LogP contribution < -0.4 is 5.32 Å². The molecule has 1 N–H and O–H groups in total. The number of aromatic nitrogens is 2. The fourth-order valence-corrected chi connectivity index (χ4v) is 4.67. The van der Waals surface area contributed by atoms with Gasteiger partial charge in [-0.2, -0.15) is 0 Å². The van der Waals surface area contributed by atoms with Gasteiger partial charge in [0.25, 0.3) is 0 Å². The maximum Gasteiger partial charge on any atom is 0.226 e. The molecule has 146 valence electrons. The molecule has 1 amide bonds. The van der Waals surface area contributed by atoms with Gasteiger partial charge in [0.2, 0.25) is 5.91 Å². The molecule has 0 atom stereocenters. The molecule has 0 fully saturated rings. The summed E-state index contributed by atoms with van der Waals surface area (Å²) in [6, 6.07) is 18.4. The average molecular weight is 420 g/mol. The van der Waals surface area contributed by atoms with Crippen LogP contribution in [0.15, 0.2) is 65.0 Å². The van der Waals surface area contributed by atoms with E-state index in [1.807, 2.05) is 35.7 Å². The van der Waals surface area contributed by atoms with Gasteiger partial charge in [0.05, 0.1) is 16.2 Å². The Labute approximate surface area is 178 Å². The lowest BCUT2D eigenvalue weighted by atomic mass is 10.1. The number of nitrogens with zero attached hydrogens (tertiary/aromatic N) is 2. The van der Waals surface area contributed by atoms with Gasteiger partial charge in [-0.05, 0) is 31.5 Å². The van der Waals surface area contributed by atoms with Gasteiger partial charge >= 0.3 is 0 Å². The van der Waals surface area contributed by atoms with Crippen LogP contribution >= 0.6 is 23.1 Å². The Kier molecular flexibility index (Phi) is 5.92. The predicted octanol–water partition coefficient (Wildman–Crippen LogP) is 6.10. The van der Waals surface area contributed by atoms with E-state index in [1.54, 1.807) is 11.8 Å². The number of amides is 1. The van der Waals surface area contributed by atoms with E-state index >= 15 is 0 Å². The van der Waals surface area contributed by atoms with Crippen molar-refractivity contribution in [3.63, 3.8) is 0 Å². The van der Waals surface area contributed by atoms with Gasteiger partial charge in [0, 0.05) is 28.5 Å². The number of carbonyl (C=O) groups is 1. The van der Waals surface area contributed by atoms with Crippen molar-refractivity contribution in [3.8, 4) is 11.3 Å². The van der Waals surface area contributed by atoms with Gasteiger partial charge in [-0.15, -0.1) is 23.1 Å². The molecule has 0 spiro atoms. The van der Waals surface area contributed by atoms with Crippen molar-refractivity contribution >= 4 is 45.0 Å². The molecular weight excluding hydrogens is 398 g/mol. The van der Waals surface area contributed by atoms with E-state index in [0.717, 1.165) is 21.8 Å². The Morgan fingerprint density at radius 2 is 1.86 bits per heavy atom. The molecule has 2 heterocycles. The van der Waals surface area contributed by atoms with Gasteiger partial charge in [0.15, 0.2) is 5.13 Å². The molecule has 4 nitrogen and oxygen atoms in total. The second-order valence-corrected chi connectivity index (χ2v) is 8.82. The molecule has 29 heavy (non-hydrogen) atoms. The van der Waals surface area contributed by atoms with Crippen LogP contribution in [0.3, 0.4) is 0 Å². The van der Waals surface area contributed by atoms with Crippen molar-refractivity contribution in [1.82, 2.24) is 9.97 Å². The third kappa shape index (κ3) is 4.83. The molecule has 2 aromatic heterocycles. The molecule has 0 aliphatic carbocycles. The summed E-state index contributed by atoms with van der Waals surface area (Å²) in [6.45, 7) is 4.15. The largest absolute Gasteiger partial charge is 0.302 e. The normalized spacial score (nSPS) is 11.0. The van der Waals surface area contributed by atoms with Crippen LogP contribution in [0.25, 0.3) is 22.2 Å². The third-order valence-corrected chi connectivity index (χ3v) is 6.25. The Balaban J connectivity index is 1.32. The maximum absolute atomic E-state index is 12.3. The fraction of sp³-hybridized carbons (Fsp3) is 0.174. The van der Waals surface area contributed by atoms with E-state index in [-0.39, 0.29) is 5.91 Å². The number of rotatable bonds is 6. The van der Waals surface area contributed by atoms with E-state index < -0.39 is 0 Å². The minimum absolute atomic E-state index is 0.0279. The molecule has 0 radical (unpaired) electrons. The molecule has 0 saturated carbocycles. The Morgan fingerprint density at radius 3 is 2.69 bits per heavy atom. The van der Waals surface area contributed by atoms with Gasteiger partial charge in [-0.1, -0.05) is 48.0 Å². The Hall–Kier alpha value is -2.70. The first-order valence-corrected chi connectivity index (χ1v) is 11.3. The van der Waals surface area contributed by atoms with E-state index in [1.165, 1.54) is 27.8 Å². The number of benzene rings is 2. The number of anilines is 1. The quantitative estimate of drug-likeness (QED) is 0.384. The average Bonchev–Trinajstić information content (AvgIpc) is 3.17. The standard InChI is InChI=1S/C23H21N3OS2/c1-15-7-9-17(10-8-15)20-14-29-23(25-20)26-21(27)11-12-28-22-13-16(2)18-5-3-4-6-19(18)24-22/h3-10,13-14H,11-12H2,1-2H3,(H,25,26,27). The molecule has 4 aromatic rings. The lowest BCUT2D eigenvalue weighted by Crippen LogP contribution is -2.12. The van der Waals surface area contributed by atoms with Crippen LogP contribution in [0.5, 0.6) is 0 Å². The summed E-state index contributed by atoms with van der Waals surface area (Å²) in [5, 5.41) is 7.63. The summed E-state index contributed by atoms with van der Waals surface area (Å²) in [4.78, 5) is 21.5. The number of hydrogen-bond donors (Lipinski definition) is 1. The van der Waals surface area contributed by atoms with E-state index in [9.17, 15) is 4.79 Å². The Bertz CT molecular complexity index is 1150. The van der Waals surface area contributed by atoms with E-state index in [2.05, 4.69) is 53.4 Å². The van der Waals surface area contributed by atoms with Crippen LogP contribution in [-0.2, 0) is 4.79 Å². The van der Waals surface area contributed by atoms with Crippen molar-refractivity contribution in [2.24, 2.45) is 0 Å². The van der Waals surface area contributed by atoms with Crippen molar-refractivity contribution in [3.05, 3.63) is 71.1 Å². The summed E-state index contributed by atoms with van der Waals surface area (Å²) in [5.74, 6) is 0.645. The number of para-hydroxylation sites is 1. The number of aryl methyl sites for hydroxylation is 2. The number of nitrogens with one attached hydrogen (secondary N) is 1. The summed E-state index contributed by atoms with van der Waals surface area (Å²) >= 11 is 3.05. The lowest BCUT2D eigenvalue weighted by Gasteiger charge is -2.06. The van der Waals surface area contributed by atoms with Crippen LogP contribution in [0, 0.1) is 13.8 Å². The molecule has 0 aliphatic rings. The first-order chi connectivity index (χ1) is 14.1. The highest BCUT2D eigenvalue weighted by molar-refractivity contribution is 7.99. The molecule has 0 aliphatic heterocycles. The van der Waals surface area contributed by atoms with Gasteiger partial charge in [-0.25, -0.2) is 9.97 Å². The highest BCUT2D eigenvalue weighted by Gasteiger charge is 2.09. The summed E-state index contributed by atoms with van der Waals surface area (Å²) in [7, 11) is 0. The molecule has 6 heteroatoms. The number of fused-ring (bicyclic) bond motifs is 1. The minimum atomic E-state index is -0.0279. The zero-order chi connectivity index (χ0) is 20.2. The van der Waals surface area contributed by atoms with Gasteiger partial charge in [-0.3, -0.25) is 4.79 Å². The molecular formula is C23H21N3OS2. The van der Waals surface area contributed by atoms with Crippen LogP contribution in [-0.4, -0.2) is 21.6 Å². The van der Waals surface area contributed by atoms with Gasteiger partial charge in [0.1, 0.15) is 0 Å². The van der Waals surface area contributed by atoms with Crippen LogP contribution in [0.4, 0.5) is 5.13 Å². The van der Waals surface area contributed by atoms with E-state index in [4.69, 9.17) is 0 Å². The first-order valence-electron chi connectivity index (χ1n) is 9.40. The molecule has 0 bridgehead atoms. The summed E-state index contributed by atoms with van der Waals surface area (Å²) < 4.78 is 0. The fourth-order valence-electron chi connectivity index (χ4n) is 3.01. The van der Waals surface area contributed by atoms with Crippen molar-refractivity contribution in [1.29, 1.82) is 0 Å². The Morgan fingerprint density at radius 1 is 1.07 bits per heavy atom. The molecule has 4 rings (SSSR count). The van der Waals surface area contributed by atoms with E-state index in [0.29, 0.717) is 17.3 Å². The molecule has 0 unspecified atom stereocenters. The monoisotopic (exact) mass is 419 g/mol. The number of hydrogen-bond acceptors (Lipinski definition) is 5. The number of thiazole rings is 1. The first kappa shape index (κ1) is 19.6. The zero-order valence-corrected chi connectivity index (χ0v) is 17.9. The van der Waals surface area contributed by atoms with Crippen molar-refractivity contribution in [2.45, 2.75) is 25.3 Å². The summed E-state index contributed by atoms with van der Waals surface area (Å²) in [6.07, 6.45) is 0.414. The smallest absolute Gasteiger partial charge is 0.226 e. The predicted molar refractivity (Wildman–Crippen MR) is 123 cm³/mol. The van der Waals surface area contributed by atoms with Crippen LogP contribution in [0.2, 0.25) is 0 Å². The zero-order valence-electron chi connectivity index (χ0n) is 16.3. The van der Waals surface area contributed by atoms with Crippen molar-refractivity contribution < 1.29 is 4.79 Å². The highest BCUT2D eigenvalue weighted by atomic mass is 32.2. The number of thioether (sulfide) groups is 1. The maximum atomic E-state index is 12.3. The third-order valence-electron chi connectivity index (χ3n) is 4.58. The topological polar surface area (TPSA) is 54.9 Å². The SMILES string of the molecule is Cc1ccc(-c2csc(NC(=O)CCSc3cc(C)c4ccccc4n3)n2)cc1. The van der Waals surface area contributed by atoms with Crippen LogP contribution in [0.1, 0.15) is 17.5 Å². The molecule has 0 saturated heterocycles. The molecule has 2 aromatic carbocycles. The minimum Gasteiger partial charge on any atom is -0.302 e. The second-order valence-electron chi connectivity index (χ2n) is 6.85. The van der Waals surface area contributed by atoms with Gasteiger partial charge < -0.3 is 5.32 Å². The lowest BCUT2D eigenvalue weighted by molar-refractivity contribution is -0.115. The summed E-state index contributed by atoms with van der Waals surface area (Å²) in [5.41, 5.74) is 5.35. The number of pyridine rings is 1. The number of carbonyl (C=O) groups excluding carboxylic acids is 1. The highest BCUT2D eigenvalue weighted by Crippen LogP contribution is 2.26. The van der Waals surface area contributed by atoms with Crippen molar-refractivity contribution in [2.75, 3.05) is 11.1 Å². The second kappa shape index (κ2) is 8.76.